The van der Waals surface area contributed by atoms with Crippen LogP contribution >= 0.6 is 0 Å². The Morgan fingerprint density at radius 2 is 0.833 bits per heavy atom. The molecule has 0 aromatic rings. The molecule has 8 nitrogen and oxygen atoms in total. The number of amides is 4. The van der Waals surface area contributed by atoms with Gasteiger partial charge in [0.15, 0.2) is 10.8 Å². The van der Waals surface area contributed by atoms with E-state index in [1.165, 1.54) is 0 Å². The van der Waals surface area contributed by atoms with Crippen LogP contribution in [-0.4, -0.2) is 23.6 Å². The van der Waals surface area contributed by atoms with Crippen LogP contribution in [0.15, 0.2) is 0 Å². The number of carbonyl (C=O) groups is 4. The lowest BCUT2D eigenvalue weighted by Crippen LogP contribution is -2.63. The van der Waals surface area contributed by atoms with Gasteiger partial charge in [0.25, 0.3) is 23.6 Å². The van der Waals surface area contributed by atoms with E-state index in [0.29, 0.717) is 0 Å². The van der Waals surface area contributed by atoms with E-state index < -0.39 is 34.5 Å². The van der Waals surface area contributed by atoms with Crippen LogP contribution in [0.3, 0.4) is 0 Å². The van der Waals surface area contributed by atoms with Crippen LogP contribution in [0.2, 0.25) is 0 Å². The van der Waals surface area contributed by atoms with Crippen LogP contribution in [0.5, 0.6) is 0 Å². The molecule has 1 saturated carbocycles. The second kappa shape index (κ2) is 4.28. The van der Waals surface area contributed by atoms with E-state index >= 15 is 0 Å². The molecule has 1 fully saturated rings. The first-order valence-electron chi connectivity index (χ1n) is 5.27. The summed E-state index contributed by atoms with van der Waals surface area (Å²) in [5, 5.41) is 0. The van der Waals surface area contributed by atoms with Gasteiger partial charge in [0.1, 0.15) is 0 Å². The number of carbonyl (C=O) groups excluding carboxylic acids is 4. The van der Waals surface area contributed by atoms with Crippen LogP contribution in [0.25, 0.3) is 0 Å². The van der Waals surface area contributed by atoms with E-state index in [0.717, 1.165) is 0 Å². The largest absolute Gasteiger partial charge is 0.272 e. The van der Waals surface area contributed by atoms with Gasteiger partial charge in [-0.1, -0.05) is 12.8 Å². The Morgan fingerprint density at radius 3 is 1.00 bits per heavy atom. The molecule has 0 saturated heterocycles. The highest BCUT2D eigenvalue weighted by Crippen LogP contribution is 2.51. The summed E-state index contributed by atoms with van der Waals surface area (Å²) in [6.07, 6.45) is -0.0467. The average molecular weight is 252 g/mol. The van der Waals surface area contributed by atoms with Crippen molar-refractivity contribution in [1.82, 2.24) is 22.9 Å². The fourth-order valence-corrected chi connectivity index (χ4v) is 2.64. The minimum Gasteiger partial charge on any atom is -0.272 e. The van der Waals surface area contributed by atoms with Gasteiger partial charge in [0.05, 0.1) is 0 Å². The first kappa shape index (κ1) is 13.9. The number of nitrogens with one attached hydrogen (secondary N) is 4. The fraction of sp³-hybridized carbons (Fsp3) is 0.600. The van der Waals surface area contributed by atoms with Crippen molar-refractivity contribution >= 4 is 23.6 Å². The molecule has 0 aromatic carbocycles. The van der Waals surface area contributed by atoms with Crippen LogP contribution in [0, 0.1) is 10.8 Å². The van der Waals surface area contributed by atoms with Crippen molar-refractivity contribution in [2.75, 3.05) is 0 Å². The Kier molecular flexibility index (Phi) is 3.32. The van der Waals surface area contributed by atoms with Gasteiger partial charge in [0.2, 0.25) is 0 Å². The van der Waals surface area contributed by atoms with Crippen molar-refractivity contribution in [3.63, 3.8) is 0 Å². The first-order valence-corrected chi connectivity index (χ1v) is 5.27. The standard InChI is InChI=1S/C10H12N4O4/c11-5(15)9(6(12)16)3-1-2-4-10(9,7(13)17)8(14)18/h11-14H,1-4H2. The molecule has 1 aliphatic carbocycles. The van der Waals surface area contributed by atoms with Gasteiger partial charge in [-0.3, -0.25) is 42.1 Å². The van der Waals surface area contributed by atoms with Gasteiger partial charge in [-0.25, -0.2) is 0 Å². The molecule has 18 heavy (non-hydrogen) atoms. The Balaban J connectivity index is 3.61. The molecule has 0 spiro atoms. The van der Waals surface area contributed by atoms with Crippen LogP contribution < -0.4 is 22.9 Å². The van der Waals surface area contributed by atoms with Gasteiger partial charge >= 0.3 is 0 Å². The fourth-order valence-electron chi connectivity index (χ4n) is 2.64. The first-order chi connectivity index (χ1) is 8.23. The third-order valence-electron chi connectivity index (χ3n) is 3.63. The lowest BCUT2D eigenvalue weighted by atomic mass is 9.54. The molecule has 8 heteroatoms. The zero-order valence-corrected chi connectivity index (χ0v) is 9.46. The monoisotopic (exact) mass is 252 g/mol. The van der Waals surface area contributed by atoms with Gasteiger partial charge in [-0.05, 0) is 12.8 Å². The molecule has 1 rings (SSSR count). The van der Waals surface area contributed by atoms with Crippen molar-refractivity contribution in [1.29, 1.82) is 0 Å². The molecule has 0 aromatic heterocycles. The molecule has 4 radical (unpaired) electrons. The van der Waals surface area contributed by atoms with E-state index in [-0.39, 0.29) is 25.7 Å². The van der Waals surface area contributed by atoms with E-state index in [9.17, 15) is 19.2 Å². The summed E-state index contributed by atoms with van der Waals surface area (Å²) >= 11 is 0. The molecule has 0 bridgehead atoms. The number of rotatable bonds is 4. The molecular weight excluding hydrogens is 240 g/mol. The second-order valence-corrected chi connectivity index (χ2v) is 4.33. The van der Waals surface area contributed by atoms with Crippen molar-refractivity contribution in [3.8, 4) is 0 Å². The highest BCUT2D eigenvalue weighted by Gasteiger charge is 2.68. The molecule has 0 unspecified atom stereocenters. The van der Waals surface area contributed by atoms with Gasteiger partial charge in [-0.2, -0.15) is 0 Å². The summed E-state index contributed by atoms with van der Waals surface area (Å²) in [4.78, 5) is 45.8. The summed E-state index contributed by atoms with van der Waals surface area (Å²) in [5.41, 5.74) is 23.6. The smallest absolute Gasteiger partial charge is 0.255 e. The zero-order valence-electron chi connectivity index (χ0n) is 9.46. The Labute approximate surface area is 103 Å². The van der Waals surface area contributed by atoms with E-state index in [2.05, 4.69) is 0 Å². The van der Waals surface area contributed by atoms with E-state index in [1.807, 2.05) is 0 Å². The predicted octanol–water partition coefficient (Wildman–Crippen LogP) is -1.23. The highest BCUT2D eigenvalue weighted by molar-refractivity contribution is 6.17. The second-order valence-electron chi connectivity index (χ2n) is 4.33. The van der Waals surface area contributed by atoms with Crippen molar-refractivity contribution in [2.45, 2.75) is 25.7 Å². The van der Waals surface area contributed by atoms with Crippen LogP contribution in [-0.2, 0) is 19.2 Å². The summed E-state index contributed by atoms with van der Waals surface area (Å²) in [6, 6.07) is 0. The maximum atomic E-state index is 11.4. The predicted molar refractivity (Wildman–Crippen MR) is 55.7 cm³/mol. The quantitative estimate of drug-likeness (QED) is 0.572. The van der Waals surface area contributed by atoms with Crippen LogP contribution in [0.1, 0.15) is 25.7 Å². The van der Waals surface area contributed by atoms with Crippen LogP contribution in [0.4, 0.5) is 0 Å². The number of hydrogen-bond donors (Lipinski definition) is 0. The lowest BCUT2D eigenvalue weighted by Gasteiger charge is -2.44. The van der Waals surface area contributed by atoms with Gasteiger partial charge in [-0.15, -0.1) is 0 Å². The maximum Gasteiger partial charge on any atom is 0.255 e. The minimum atomic E-state index is -2.48. The highest BCUT2D eigenvalue weighted by atomic mass is 16.2. The molecule has 4 N–H and O–H groups in total. The topological polar surface area (TPSA) is 163 Å². The van der Waals surface area contributed by atoms with Crippen molar-refractivity contribution in [2.24, 2.45) is 10.8 Å². The Morgan fingerprint density at radius 1 is 0.611 bits per heavy atom. The molecule has 0 aliphatic heterocycles. The molecule has 1 aliphatic rings. The summed E-state index contributed by atoms with van der Waals surface area (Å²) in [5.74, 6) is -6.15. The van der Waals surface area contributed by atoms with Gasteiger partial charge < -0.3 is 0 Å². The van der Waals surface area contributed by atoms with Gasteiger partial charge in [0, 0.05) is 0 Å². The Hall–Kier alpha value is -2.12. The summed E-state index contributed by atoms with van der Waals surface area (Å²) in [6.45, 7) is 0. The zero-order chi connectivity index (χ0) is 14.1. The third-order valence-corrected chi connectivity index (χ3v) is 3.63. The Bertz CT molecular complexity index is 364. The number of hydrogen-bond acceptors (Lipinski definition) is 4. The SMILES string of the molecule is [NH]C(=O)C1(C([NH])=O)CCCCC1(C([NH])=O)C([NH])=O. The lowest BCUT2D eigenvalue weighted by molar-refractivity contribution is -0.169. The maximum absolute atomic E-state index is 11.4. The normalized spacial score (nSPS) is 20.9. The molecular formula is C10H12N4O4. The molecule has 0 atom stereocenters. The molecule has 0 heterocycles. The van der Waals surface area contributed by atoms with E-state index in [1.54, 1.807) is 0 Å². The van der Waals surface area contributed by atoms with Crippen molar-refractivity contribution in [3.05, 3.63) is 0 Å². The molecule has 96 valence electrons. The summed E-state index contributed by atoms with van der Waals surface area (Å²) in [7, 11) is 0. The third kappa shape index (κ3) is 1.45. The molecule has 4 amide bonds. The summed E-state index contributed by atoms with van der Waals surface area (Å²) < 4.78 is 0. The average Bonchev–Trinajstić information content (AvgIpc) is 2.27. The van der Waals surface area contributed by atoms with Crippen molar-refractivity contribution < 1.29 is 19.2 Å². The minimum absolute atomic E-state index is 0.289. The van der Waals surface area contributed by atoms with E-state index in [4.69, 9.17) is 22.9 Å².